The molecular weight excluding hydrogens is 498 g/mol. The molecule has 3 N–H and O–H groups in total. The second-order valence-electron chi connectivity index (χ2n) is 7.98. The number of methoxy groups -OCH3 is 1. The lowest BCUT2D eigenvalue weighted by atomic mass is 10.0. The Morgan fingerprint density at radius 3 is 2.34 bits per heavy atom. The summed E-state index contributed by atoms with van der Waals surface area (Å²) in [4.78, 5) is 20.5. The number of halogens is 2. The van der Waals surface area contributed by atoms with E-state index in [4.69, 9.17) is 24.7 Å². The first-order valence-electron chi connectivity index (χ1n) is 11.7. The predicted molar refractivity (Wildman–Crippen MR) is 137 cm³/mol. The zero-order valence-corrected chi connectivity index (χ0v) is 21.0. The van der Waals surface area contributed by atoms with E-state index in [0.717, 1.165) is 12.1 Å². The first kappa shape index (κ1) is 26.6. The summed E-state index contributed by atoms with van der Waals surface area (Å²) in [7, 11) is 3.29. The van der Waals surface area contributed by atoms with E-state index in [1.807, 2.05) is 7.05 Å². The van der Waals surface area contributed by atoms with Crippen LogP contribution in [0.1, 0.15) is 17.3 Å². The molecule has 4 aromatic rings. The average molecular weight is 525 g/mol. The van der Waals surface area contributed by atoms with E-state index in [0.29, 0.717) is 35.6 Å². The number of nitrogens with two attached hydrogens (primary N) is 1. The van der Waals surface area contributed by atoms with Gasteiger partial charge in [-0.25, -0.2) is 8.78 Å². The number of nitrogens with one attached hydrogen (secondary N) is 1. The third-order valence-electron chi connectivity index (χ3n) is 5.54. The van der Waals surface area contributed by atoms with Crippen LogP contribution in [0.2, 0.25) is 0 Å². The third-order valence-corrected chi connectivity index (χ3v) is 5.54. The maximum atomic E-state index is 15.2. The Bertz CT molecular complexity index is 1460. The molecule has 0 saturated heterocycles. The number of benzene rings is 2. The van der Waals surface area contributed by atoms with Gasteiger partial charge in [-0.15, -0.1) is 0 Å². The smallest absolute Gasteiger partial charge is 0.254 e. The van der Waals surface area contributed by atoms with Gasteiger partial charge in [0, 0.05) is 36.0 Å². The van der Waals surface area contributed by atoms with Crippen molar-refractivity contribution in [3.63, 3.8) is 0 Å². The van der Waals surface area contributed by atoms with E-state index in [-0.39, 0.29) is 34.9 Å². The van der Waals surface area contributed by atoms with E-state index in [1.54, 1.807) is 19.1 Å². The molecule has 0 unspecified atom stereocenters. The van der Waals surface area contributed by atoms with Crippen LogP contribution in [0.15, 0.2) is 48.8 Å². The minimum atomic E-state index is -1.01. The van der Waals surface area contributed by atoms with Gasteiger partial charge in [-0.3, -0.25) is 14.8 Å². The van der Waals surface area contributed by atoms with Gasteiger partial charge in [0.25, 0.3) is 5.91 Å². The highest BCUT2D eigenvalue weighted by Gasteiger charge is 2.22. The van der Waals surface area contributed by atoms with Crippen LogP contribution >= 0.6 is 0 Å². The van der Waals surface area contributed by atoms with Crippen molar-refractivity contribution in [2.24, 2.45) is 5.73 Å². The molecule has 0 aliphatic heterocycles. The molecule has 0 saturated carbocycles. The highest BCUT2D eigenvalue weighted by atomic mass is 19.1. The molecule has 1 amide bonds. The average Bonchev–Trinajstić information content (AvgIpc) is 2.90. The van der Waals surface area contributed by atoms with Crippen molar-refractivity contribution in [1.82, 2.24) is 15.3 Å². The molecule has 2 aromatic carbocycles. The van der Waals surface area contributed by atoms with Gasteiger partial charge in [0.15, 0.2) is 28.9 Å². The quantitative estimate of drug-likeness (QED) is 0.276. The molecule has 0 aliphatic rings. The molecule has 0 atom stereocenters. The number of aromatic nitrogens is 2. The van der Waals surface area contributed by atoms with Gasteiger partial charge >= 0.3 is 0 Å². The molecular formula is C27H26F2N4O5. The van der Waals surface area contributed by atoms with Crippen LogP contribution in [0, 0.1) is 11.6 Å². The number of hydrogen-bond acceptors (Lipinski definition) is 8. The summed E-state index contributed by atoms with van der Waals surface area (Å²) < 4.78 is 52.8. The van der Waals surface area contributed by atoms with Crippen LogP contribution in [0.5, 0.6) is 28.7 Å². The number of fused-ring (bicyclic) bond motifs is 1. The number of likely N-dealkylation sites (N-methyl/N-ethyl adjacent to an activating group) is 1. The number of ether oxygens (including phenoxy) is 4. The maximum absolute atomic E-state index is 15.2. The fourth-order valence-electron chi connectivity index (χ4n) is 3.83. The van der Waals surface area contributed by atoms with Crippen molar-refractivity contribution in [1.29, 1.82) is 0 Å². The molecule has 2 aromatic heterocycles. The number of carbonyl (C=O) groups is 1. The summed E-state index contributed by atoms with van der Waals surface area (Å²) in [6.45, 7) is 3.01. The number of carbonyl (C=O) groups excluding carboxylic acids is 1. The summed E-state index contributed by atoms with van der Waals surface area (Å²) in [6, 6.07) is 8.25. The van der Waals surface area contributed by atoms with Crippen molar-refractivity contribution >= 4 is 16.8 Å². The number of nitrogens with zero attached hydrogens (tertiary/aromatic N) is 2. The van der Waals surface area contributed by atoms with Gasteiger partial charge < -0.3 is 30.0 Å². The molecule has 0 aliphatic carbocycles. The van der Waals surface area contributed by atoms with Crippen molar-refractivity contribution in [3.8, 4) is 40.0 Å². The minimum absolute atomic E-state index is 0.00711. The van der Waals surface area contributed by atoms with Gasteiger partial charge in [-0.05, 0) is 44.3 Å². The van der Waals surface area contributed by atoms with E-state index in [2.05, 4.69) is 15.3 Å². The van der Waals surface area contributed by atoms with Crippen molar-refractivity contribution in [2.75, 3.05) is 33.9 Å². The number of rotatable bonds is 11. The summed E-state index contributed by atoms with van der Waals surface area (Å²) in [5, 5.41) is 3.44. The highest BCUT2D eigenvalue weighted by Crippen LogP contribution is 2.39. The van der Waals surface area contributed by atoms with E-state index in [1.165, 1.54) is 31.6 Å². The second-order valence-corrected chi connectivity index (χ2v) is 7.98. The van der Waals surface area contributed by atoms with Crippen LogP contribution in [-0.2, 0) is 0 Å². The van der Waals surface area contributed by atoms with Crippen LogP contribution in [-0.4, -0.2) is 49.8 Å². The normalized spacial score (nSPS) is 10.9. The molecule has 0 spiro atoms. The molecule has 0 fully saturated rings. The van der Waals surface area contributed by atoms with E-state index < -0.39 is 23.3 Å². The first-order valence-corrected chi connectivity index (χ1v) is 11.7. The number of pyridine rings is 2. The molecule has 4 rings (SSSR count). The Morgan fingerprint density at radius 1 is 0.974 bits per heavy atom. The Labute approximate surface area is 217 Å². The predicted octanol–water partition coefficient (Wildman–Crippen LogP) is 4.47. The summed E-state index contributed by atoms with van der Waals surface area (Å²) >= 11 is 0. The standard InChI is InChI=1S/C27H26F2N4O5/c1-4-36-21-6-8-33-25(24(21)27(30)34)15-11-17(28)26(18(29)12-15)38-20-5-7-32-19-14-23(37-10-9-31-2)22(35-3)13-16(19)20/h5-8,11-14,31H,4,9-10H2,1-3H3,(H2,30,34). The zero-order chi connectivity index (χ0) is 27.2. The van der Waals surface area contributed by atoms with Gasteiger partial charge in [0.2, 0.25) is 0 Å². The number of hydrogen-bond donors (Lipinski definition) is 2. The first-order chi connectivity index (χ1) is 18.4. The Morgan fingerprint density at radius 2 is 1.68 bits per heavy atom. The summed E-state index contributed by atoms with van der Waals surface area (Å²) in [5.41, 5.74) is 5.88. The lowest BCUT2D eigenvalue weighted by Crippen LogP contribution is -2.16. The van der Waals surface area contributed by atoms with Gasteiger partial charge in [0.05, 0.1) is 24.9 Å². The Balaban J connectivity index is 1.73. The Hall–Kier alpha value is -4.51. The molecule has 0 bridgehead atoms. The summed E-state index contributed by atoms with van der Waals surface area (Å²) in [6.07, 6.45) is 2.81. The molecule has 38 heavy (non-hydrogen) atoms. The van der Waals surface area contributed by atoms with Crippen molar-refractivity contribution in [2.45, 2.75) is 6.92 Å². The van der Waals surface area contributed by atoms with E-state index >= 15 is 8.78 Å². The van der Waals surface area contributed by atoms with Gasteiger partial charge in [0.1, 0.15) is 23.7 Å². The highest BCUT2D eigenvalue weighted by molar-refractivity contribution is 6.01. The third kappa shape index (κ3) is 5.42. The molecule has 0 radical (unpaired) electrons. The molecule has 198 valence electrons. The van der Waals surface area contributed by atoms with Crippen LogP contribution in [0.3, 0.4) is 0 Å². The van der Waals surface area contributed by atoms with Gasteiger partial charge in [-0.1, -0.05) is 0 Å². The van der Waals surface area contributed by atoms with Crippen LogP contribution in [0.4, 0.5) is 8.78 Å². The largest absolute Gasteiger partial charge is 0.493 e. The van der Waals surface area contributed by atoms with E-state index in [9.17, 15) is 4.79 Å². The number of primary amides is 1. The van der Waals surface area contributed by atoms with Crippen LogP contribution < -0.4 is 30.0 Å². The maximum Gasteiger partial charge on any atom is 0.254 e. The van der Waals surface area contributed by atoms with Crippen LogP contribution in [0.25, 0.3) is 22.2 Å². The topological polar surface area (TPSA) is 118 Å². The molecule has 11 heteroatoms. The number of amides is 1. The van der Waals surface area contributed by atoms with Gasteiger partial charge in [-0.2, -0.15) is 0 Å². The lowest BCUT2D eigenvalue weighted by Gasteiger charge is -2.15. The molecule has 9 nitrogen and oxygen atoms in total. The van der Waals surface area contributed by atoms with Crippen molar-refractivity contribution < 1.29 is 32.5 Å². The lowest BCUT2D eigenvalue weighted by molar-refractivity contribution is 0.0997. The monoisotopic (exact) mass is 524 g/mol. The van der Waals surface area contributed by atoms with Crippen molar-refractivity contribution in [3.05, 3.63) is 66.0 Å². The minimum Gasteiger partial charge on any atom is -0.493 e. The molecule has 2 heterocycles. The SMILES string of the molecule is CCOc1ccnc(-c2cc(F)c(Oc3ccnc4cc(OCCNC)c(OC)cc34)c(F)c2)c1C(N)=O. The fraction of sp³-hybridized carbons (Fsp3) is 0.222. The Kier molecular flexibility index (Phi) is 8.17. The second kappa shape index (κ2) is 11.7. The summed E-state index contributed by atoms with van der Waals surface area (Å²) in [5.74, 6) is -2.32. The zero-order valence-electron chi connectivity index (χ0n) is 21.0. The fourth-order valence-corrected chi connectivity index (χ4v) is 3.83.